The van der Waals surface area contributed by atoms with Crippen LogP contribution in [0.4, 0.5) is 5.95 Å². The molecule has 0 bridgehead atoms. The van der Waals surface area contributed by atoms with Gasteiger partial charge in [0.2, 0.25) is 5.95 Å². The molecule has 0 spiro atoms. The molecule has 1 atom stereocenters. The van der Waals surface area contributed by atoms with Crippen LogP contribution in [-0.4, -0.2) is 39.5 Å². The zero-order valence-corrected chi connectivity index (χ0v) is 15.7. The molecule has 1 aromatic carbocycles. The molecule has 1 aliphatic rings. The average Bonchev–Trinajstić information content (AvgIpc) is 3.17. The average molecular weight is 359 g/mol. The third kappa shape index (κ3) is 4.49. The van der Waals surface area contributed by atoms with Crippen LogP contribution in [0.25, 0.3) is 11.4 Å². The van der Waals surface area contributed by atoms with Crippen molar-refractivity contribution in [2.75, 3.05) is 25.0 Å². The zero-order chi connectivity index (χ0) is 18.5. The van der Waals surface area contributed by atoms with E-state index in [4.69, 9.17) is 0 Å². The van der Waals surface area contributed by atoms with Crippen molar-refractivity contribution in [3.05, 3.63) is 72.1 Å². The van der Waals surface area contributed by atoms with E-state index in [2.05, 4.69) is 56.4 Å². The van der Waals surface area contributed by atoms with Gasteiger partial charge in [0.05, 0.1) is 11.4 Å². The summed E-state index contributed by atoms with van der Waals surface area (Å²) in [5.74, 6) is 1.30. The van der Waals surface area contributed by atoms with E-state index in [1.807, 2.05) is 24.3 Å². The maximum atomic E-state index is 4.60. The Labute approximate surface area is 160 Å². The van der Waals surface area contributed by atoms with Gasteiger partial charge in [-0.3, -0.25) is 9.88 Å². The Bertz CT molecular complexity index is 881. The van der Waals surface area contributed by atoms with E-state index in [1.165, 1.54) is 17.5 Å². The van der Waals surface area contributed by atoms with Gasteiger partial charge in [0, 0.05) is 32.0 Å². The molecule has 4 rings (SSSR count). The van der Waals surface area contributed by atoms with E-state index in [9.17, 15) is 0 Å². The maximum Gasteiger partial charge on any atom is 0.223 e. The fourth-order valence-corrected chi connectivity index (χ4v) is 3.59. The number of nitrogens with one attached hydrogen (secondary N) is 1. The van der Waals surface area contributed by atoms with E-state index in [-0.39, 0.29) is 0 Å². The summed E-state index contributed by atoms with van der Waals surface area (Å²) in [5, 5.41) is 3.42. The number of hydrogen-bond acceptors (Lipinski definition) is 5. The van der Waals surface area contributed by atoms with E-state index in [0.29, 0.717) is 11.9 Å². The Hall–Kier alpha value is -2.79. The molecule has 0 unspecified atom stereocenters. The summed E-state index contributed by atoms with van der Waals surface area (Å²) in [7, 11) is 0. The Morgan fingerprint density at radius 2 is 1.89 bits per heavy atom. The van der Waals surface area contributed by atoms with Gasteiger partial charge < -0.3 is 5.32 Å². The third-order valence-corrected chi connectivity index (χ3v) is 5.16. The number of nitrogens with zero attached hydrogens (tertiary/aromatic N) is 4. The summed E-state index contributed by atoms with van der Waals surface area (Å²) in [4.78, 5) is 15.9. The van der Waals surface area contributed by atoms with Crippen LogP contribution in [0.1, 0.15) is 17.5 Å². The minimum absolute atomic E-state index is 0.621. The van der Waals surface area contributed by atoms with Gasteiger partial charge in [-0.2, -0.15) is 0 Å². The molecule has 1 saturated heterocycles. The summed E-state index contributed by atoms with van der Waals surface area (Å²) < 4.78 is 0. The lowest BCUT2D eigenvalue weighted by Gasteiger charge is -2.17. The Balaban J connectivity index is 1.32. The Kier molecular flexibility index (Phi) is 5.39. The van der Waals surface area contributed by atoms with Gasteiger partial charge in [-0.15, -0.1) is 0 Å². The van der Waals surface area contributed by atoms with Crippen LogP contribution in [0.3, 0.4) is 0 Å². The van der Waals surface area contributed by atoms with Gasteiger partial charge in [0.15, 0.2) is 0 Å². The first-order valence-electron chi connectivity index (χ1n) is 9.53. The van der Waals surface area contributed by atoms with Crippen LogP contribution in [0.5, 0.6) is 0 Å². The summed E-state index contributed by atoms with van der Waals surface area (Å²) in [6, 6.07) is 16.4. The lowest BCUT2D eigenvalue weighted by Crippen LogP contribution is -2.23. The van der Waals surface area contributed by atoms with Crippen LogP contribution in [0.2, 0.25) is 0 Å². The molecule has 5 heteroatoms. The van der Waals surface area contributed by atoms with Gasteiger partial charge in [-0.1, -0.05) is 30.3 Å². The third-order valence-electron chi connectivity index (χ3n) is 5.16. The molecule has 138 valence electrons. The van der Waals surface area contributed by atoms with E-state index >= 15 is 0 Å². The molecule has 0 radical (unpaired) electrons. The minimum atomic E-state index is 0.621. The number of likely N-dealkylation sites (tertiary alicyclic amines) is 1. The molecule has 3 aromatic rings. The fraction of sp³-hybridized carbons (Fsp3) is 0.318. The van der Waals surface area contributed by atoms with E-state index < -0.39 is 0 Å². The molecule has 0 saturated carbocycles. The molecule has 0 amide bonds. The molecule has 5 nitrogen and oxygen atoms in total. The highest BCUT2D eigenvalue weighted by Gasteiger charge is 2.22. The number of aryl methyl sites for hydroxylation is 1. The Morgan fingerprint density at radius 3 is 2.74 bits per heavy atom. The summed E-state index contributed by atoms with van der Waals surface area (Å²) in [6.07, 6.45) is 4.78. The highest BCUT2D eigenvalue weighted by molar-refractivity contribution is 5.54. The quantitative estimate of drug-likeness (QED) is 0.726. The van der Waals surface area contributed by atoms with Crippen molar-refractivity contribution in [2.45, 2.75) is 19.9 Å². The van der Waals surface area contributed by atoms with E-state index in [0.717, 1.165) is 37.6 Å². The molecule has 2 aromatic heterocycles. The first-order chi connectivity index (χ1) is 13.3. The van der Waals surface area contributed by atoms with Crippen molar-refractivity contribution in [3.63, 3.8) is 0 Å². The van der Waals surface area contributed by atoms with Crippen LogP contribution in [-0.2, 0) is 6.54 Å². The Morgan fingerprint density at radius 1 is 1.00 bits per heavy atom. The van der Waals surface area contributed by atoms with Crippen molar-refractivity contribution < 1.29 is 0 Å². The van der Waals surface area contributed by atoms with Gasteiger partial charge in [-0.05, 0) is 55.1 Å². The summed E-state index contributed by atoms with van der Waals surface area (Å²) >= 11 is 0. The highest BCUT2D eigenvalue weighted by atomic mass is 15.2. The van der Waals surface area contributed by atoms with Gasteiger partial charge in [0.1, 0.15) is 0 Å². The molecular formula is C22H25N5. The number of aromatic nitrogens is 3. The largest absolute Gasteiger partial charge is 0.354 e. The molecule has 1 N–H and O–H groups in total. The summed E-state index contributed by atoms with van der Waals surface area (Å²) in [5.41, 5.74) is 4.52. The van der Waals surface area contributed by atoms with Crippen molar-refractivity contribution in [3.8, 4) is 11.4 Å². The zero-order valence-electron chi connectivity index (χ0n) is 15.7. The number of anilines is 1. The maximum absolute atomic E-state index is 4.60. The standard InChI is InChI=1S/C22H25N5/c1-17-6-2-3-7-19(17)16-27-13-10-18(15-27)14-25-22-24-12-9-21(26-22)20-8-4-5-11-23-20/h2-9,11-12,18H,10,13-16H2,1H3,(H,24,25,26)/t18-/m0/s1. The van der Waals surface area contributed by atoms with E-state index in [1.54, 1.807) is 12.4 Å². The predicted molar refractivity (Wildman–Crippen MR) is 108 cm³/mol. The van der Waals surface area contributed by atoms with Crippen LogP contribution < -0.4 is 5.32 Å². The molecule has 27 heavy (non-hydrogen) atoms. The highest BCUT2D eigenvalue weighted by Crippen LogP contribution is 2.21. The number of benzene rings is 1. The van der Waals surface area contributed by atoms with Gasteiger partial charge in [-0.25, -0.2) is 9.97 Å². The molecular weight excluding hydrogens is 334 g/mol. The number of rotatable bonds is 6. The van der Waals surface area contributed by atoms with Crippen molar-refractivity contribution in [2.24, 2.45) is 5.92 Å². The van der Waals surface area contributed by atoms with Gasteiger partial charge in [0.25, 0.3) is 0 Å². The van der Waals surface area contributed by atoms with Crippen LogP contribution in [0, 0.1) is 12.8 Å². The predicted octanol–water partition coefficient (Wildman–Crippen LogP) is 3.78. The van der Waals surface area contributed by atoms with Crippen molar-refractivity contribution >= 4 is 5.95 Å². The first-order valence-corrected chi connectivity index (χ1v) is 9.53. The number of pyridine rings is 1. The first kappa shape index (κ1) is 17.6. The monoisotopic (exact) mass is 359 g/mol. The van der Waals surface area contributed by atoms with Gasteiger partial charge >= 0.3 is 0 Å². The lowest BCUT2D eigenvalue weighted by atomic mass is 10.1. The summed E-state index contributed by atoms with van der Waals surface area (Å²) in [6.45, 7) is 6.39. The second kappa shape index (κ2) is 8.27. The SMILES string of the molecule is Cc1ccccc1CN1CC[C@@H](CNc2nccc(-c3ccccn3)n2)C1. The fourth-order valence-electron chi connectivity index (χ4n) is 3.59. The van der Waals surface area contributed by atoms with Crippen molar-refractivity contribution in [1.29, 1.82) is 0 Å². The normalized spacial score (nSPS) is 17.1. The minimum Gasteiger partial charge on any atom is -0.354 e. The topological polar surface area (TPSA) is 53.9 Å². The van der Waals surface area contributed by atoms with Crippen molar-refractivity contribution in [1.82, 2.24) is 19.9 Å². The molecule has 1 fully saturated rings. The lowest BCUT2D eigenvalue weighted by molar-refractivity contribution is 0.318. The smallest absolute Gasteiger partial charge is 0.223 e. The second-order valence-electron chi connectivity index (χ2n) is 7.18. The second-order valence-corrected chi connectivity index (χ2v) is 7.18. The molecule has 1 aliphatic heterocycles. The molecule has 3 heterocycles. The molecule has 0 aliphatic carbocycles. The number of hydrogen-bond donors (Lipinski definition) is 1. The van der Waals surface area contributed by atoms with Crippen LogP contribution >= 0.6 is 0 Å². The van der Waals surface area contributed by atoms with Crippen LogP contribution in [0.15, 0.2) is 60.9 Å².